The standard InChI is InChI=1S/C16H13BrFNO2/c17-13-3-1-2-11-10(13)5-7-15(11)19-9-4-6-14(18)12(8-9)16(20)21/h1-4,6,8,15,19H,5,7H2,(H,20,21). The molecule has 0 aliphatic heterocycles. The molecule has 2 aromatic rings. The quantitative estimate of drug-likeness (QED) is 0.863. The molecule has 0 amide bonds. The van der Waals surface area contributed by atoms with Gasteiger partial charge in [0.25, 0.3) is 0 Å². The fourth-order valence-electron chi connectivity index (χ4n) is 2.74. The smallest absolute Gasteiger partial charge is 0.338 e. The number of rotatable bonds is 3. The first kappa shape index (κ1) is 14.1. The van der Waals surface area contributed by atoms with E-state index in [-0.39, 0.29) is 11.6 Å². The zero-order valence-electron chi connectivity index (χ0n) is 11.1. The van der Waals surface area contributed by atoms with E-state index in [1.165, 1.54) is 23.3 Å². The average Bonchev–Trinajstić information content (AvgIpc) is 2.85. The lowest BCUT2D eigenvalue weighted by atomic mass is 10.1. The third-order valence-corrected chi connectivity index (χ3v) is 4.49. The van der Waals surface area contributed by atoms with Gasteiger partial charge < -0.3 is 10.4 Å². The molecule has 0 aromatic heterocycles. The number of hydrogen-bond donors (Lipinski definition) is 2. The van der Waals surface area contributed by atoms with Crippen molar-refractivity contribution >= 4 is 27.6 Å². The molecule has 0 spiro atoms. The van der Waals surface area contributed by atoms with Crippen molar-refractivity contribution in [3.05, 3.63) is 63.4 Å². The molecule has 0 bridgehead atoms. The first-order chi connectivity index (χ1) is 10.1. The fourth-order valence-corrected chi connectivity index (χ4v) is 3.32. The molecular formula is C16H13BrFNO2. The molecule has 1 aliphatic rings. The third-order valence-electron chi connectivity index (χ3n) is 3.75. The highest BCUT2D eigenvalue weighted by molar-refractivity contribution is 9.10. The summed E-state index contributed by atoms with van der Waals surface area (Å²) in [4.78, 5) is 11.0. The highest BCUT2D eigenvalue weighted by Gasteiger charge is 2.24. The Bertz CT molecular complexity index is 717. The number of halogens is 2. The number of fused-ring (bicyclic) bond motifs is 1. The van der Waals surface area contributed by atoms with Gasteiger partial charge in [-0.3, -0.25) is 0 Å². The van der Waals surface area contributed by atoms with Gasteiger partial charge >= 0.3 is 5.97 Å². The predicted molar refractivity (Wildman–Crippen MR) is 82.2 cm³/mol. The lowest BCUT2D eigenvalue weighted by Gasteiger charge is -2.16. The van der Waals surface area contributed by atoms with Crippen LogP contribution in [0.25, 0.3) is 0 Å². The van der Waals surface area contributed by atoms with E-state index in [0.29, 0.717) is 5.69 Å². The van der Waals surface area contributed by atoms with Crippen LogP contribution in [0.5, 0.6) is 0 Å². The summed E-state index contributed by atoms with van der Waals surface area (Å²) < 4.78 is 14.5. The van der Waals surface area contributed by atoms with Crippen LogP contribution in [0.15, 0.2) is 40.9 Å². The minimum Gasteiger partial charge on any atom is -0.478 e. The normalized spacial score (nSPS) is 16.6. The van der Waals surface area contributed by atoms with Gasteiger partial charge in [0.05, 0.1) is 11.6 Å². The number of aromatic carboxylic acids is 1. The van der Waals surface area contributed by atoms with Crippen molar-refractivity contribution in [2.75, 3.05) is 5.32 Å². The van der Waals surface area contributed by atoms with E-state index < -0.39 is 11.8 Å². The molecule has 21 heavy (non-hydrogen) atoms. The lowest BCUT2D eigenvalue weighted by Crippen LogP contribution is -2.09. The lowest BCUT2D eigenvalue weighted by molar-refractivity contribution is 0.0692. The minimum atomic E-state index is -1.26. The summed E-state index contributed by atoms with van der Waals surface area (Å²) in [5.41, 5.74) is 2.78. The molecule has 0 fully saturated rings. The van der Waals surface area contributed by atoms with Crippen LogP contribution in [0.3, 0.4) is 0 Å². The van der Waals surface area contributed by atoms with Crippen LogP contribution in [0.4, 0.5) is 10.1 Å². The second kappa shape index (κ2) is 5.48. The van der Waals surface area contributed by atoms with Crippen molar-refractivity contribution in [2.45, 2.75) is 18.9 Å². The predicted octanol–water partition coefficient (Wildman–Crippen LogP) is 4.39. The van der Waals surface area contributed by atoms with E-state index in [9.17, 15) is 9.18 Å². The van der Waals surface area contributed by atoms with E-state index in [1.54, 1.807) is 6.07 Å². The van der Waals surface area contributed by atoms with Crippen molar-refractivity contribution in [1.29, 1.82) is 0 Å². The number of carbonyl (C=O) groups is 1. The van der Waals surface area contributed by atoms with Gasteiger partial charge in [0.1, 0.15) is 5.82 Å². The van der Waals surface area contributed by atoms with E-state index in [4.69, 9.17) is 5.11 Å². The summed E-state index contributed by atoms with van der Waals surface area (Å²) in [5.74, 6) is -1.98. The van der Waals surface area contributed by atoms with Crippen molar-refractivity contribution in [3.8, 4) is 0 Å². The second-order valence-corrected chi connectivity index (χ2v) is 5.90. The van der Waals surface area contributed by atoms with Gasteiger partial charge in [-0.25, -0.2) is 9.18 Å². The van der Waals surface area contributed by atoms with Gasteiger partial charge in [-0.2, -0.15) is 0 Å². The number of anilines is 1. The maximum absolute atomic E-state index is 13.4. The topological polar surface area (TPSA) is 49.3 Å². The fraction of sp³-hybridized carbons (Fsp3) is 0.188. The molecule has 2 aromatic carbocycles. The number of nitrogens with one attached hydrogen (secondary N) is 1. The molecule has 0 saturated carbocycles. The Hall–Kier alpha value is -1.88. The van der Waals surface area contributed by atoms with E-state index >= 15 is 0 Å². The summed E-state index contributed by atoms with van der Waals surface area (Å²) in [5, 5.41) is 12.3. The number of hydrogen-bond acceptors (Lipinski definition) is 2. The van der Waals surface area contributed by atoms with Crippen LogP contribution in [-0.2, 0) is 6.42 Å². The van der Waals surface area contributed by atoms with E-state index in [1.807, 2.05) is 12.1 Å². The Morgan fingerprint density at radius 2 is 2.14 bits per heavy atom. The highest BCUT2D eigenvalue weighted by atomic mass is 79.9. The van der Waals surface area contributed by atoms with Crippen LogP contribution >= 0.6 is 15.9 Å². The van der Waals surface area contributed by atoms with E-state index in [2.05, 4.69) is 27.3 Å². The van der Waals surface area contributed by atoms with Crippen LogP contribution in [-0.4, -0.2) is 11.1 Å². The van der Waals surface area contributed by atoms with Crippen LogP contribution < -0.4 is 5.32 Å². The third kappa shape index (κ3) is 2.65. The van der Waals surface area contributed by atoms with Crippen LogP contribution in [0.2, 0.25) is 0 Å². The molecule has 108 valence electrons. The second-order valence-electron chi connectivity index (χ2n) is 5.04. The van der Waals surface area contributed by atoms with Gasteiger partial charge in [-0.15, -0.1) is 0 Å². The van der Waals surface area contributed by atoms with Gasteiger partial charge in [0, 0.05) is 10.2 Å². The first-order valence-corrected chi connectivity index (χ1v) is 7.42. The van der Waals surface area contributed by atoms with Crippen molar-refractivity contribution in [2.24, 2.45) is 0 Å². The summed E-state index contributed by atoms with van der Waals surface area (Å²) in [6.45, 7) is 0. The maximum atomic E-state index is 13.4. The molecule has 0 saturated heterocycles. The number of benzene rings is 2. The Morgan fingerprint density at radius 1 is 1.33 bits per heavy atom. The van der Waals surface area contributed by atoms with Crippen molar-refractivity contribution in [1.82, 2.24) is 0 Å². The summed E-state index contributed by atoms with van der Waals surface area (Å²) in [6, 6.07) is 10.3. The van der Waals surface area contributed by atoms with Gasteiger partial charge in [-0.05, 0) is 48.2 Å². The molecule has 0 radical (unpaired) electrons. The maximum Gasteiger partial charge on any atom is 0.338 e. The Labute approximate surface area is 129 Å². The molecular weight excluding hydrogens is 337 g/mol. The summed E-state index contributed by atoms with van der Waals surface area (Å²) in [7, 11) is 0. The monoisotopic (exact) mass is 349 g/mol. The molecule has 2 N–H and O–H groups in total. The average molecular weight is 350 g/mol. The van der Waals surface area contributed by atoms with Crippen LogP contribution in [0.1, 0.15) is 33.9 Å². The minimum absolute atomic E-state index is 0.115. The van der Waals surface area contributed by atoms with Gasteiger partial charge in [0.15, 0.2) is 0 Å². The number of carboxylic acid groups (broad SMARTS) is 1. The first-order valence-electron chi connectivity index (χ1n) is 6.63. The molecule has 3 nitrogen and oxygen atoms in total. The van der Waals surface area contributed by atoms with Gasteiger partial charge in [-0.1, -0.05) is 28.1 Å². The zero-order valence-corrected chi connectivity index (χ0v) is 12.7. The largest absolute Gasteiger partial charge is 0.478 e. The molecule has 3 rings (SSSR count). The van der Waals surface area contributed by atoms with Crippen molar-refractivity contribution < 1.29 is 14.3 Å². The summed E-state index contributed by atoms with van der Waals surface area (Å²) >= 11 is 3.55. The zero-order chi connectivity index (χ0) is 15.0. The Balaban J connectivity index is 1.88. The Morgan fingerprint density at radius 3 is 2.90 bits per heavy atom. The molecule has 1 unspecified atom stereocenters. The Kier molecular flexibility index (Phi) is 3.68. The molecule has 0 heterocycles. The molecule has 1 aliphatic carbocycles. The van der Waals surface area contributed by atoms with E-state index in [0.717, 1.165) is 17.3 Å². The van der Waals surface area contributed by atoms with Gasteiger partial charge in [0.2, 0.25) is 0 Å². The molecule has 5 heteroatoms. The highest BCUT2D eigenvalue weighted by Crippen LogP contribution is 2.37. The van der Waals surface area contributed by atoms with Crippen molar-refractivity contribution in [3.63, 3.8) is 0 Å². The van der Waals surface area contributed by atoms with Crippen LogP contribution in [0, 0.1) is 5.82 Å². The SMILES string of the molecule is O=C(O)c1cc(NC2CCc3c(Br)cccc32)ccc1F. The summed E-state index contributed by atoms with van der Waals surface area (Å²) in [6.07, 6.45) is 1.89. The number of carboxylic acids is 1. The molecule has 1 atom stereocenters.